The molecule has 0 atom stereocenters. The summed E-state index contributed by atoms with van der Waals surface area (Å²) in [5, 5.41) is 7.42. The van der Waals surface area contributed by atoms with Crippen LogP contribution in [0.5, 0.6) is 0 Å². The van der Waals surface area contributed by atoms with E-state index in [-0.39, 0.29) is 0 Å². The zero-order chi connectivity index (χ0) is 14.5. The number of benzene rings is 1. The van der Waals surface area contributed by atoms with E-state index in [0.717, 1.165) is 17.8 Å². The maximum atomic E-state index is 11.4. The fourth-order valence-electron chi connectivity index (χ4n) is 1.86. The van der Waals surface area contributed by atoms with Crippen molar-refractivity contribution >= 4 is 17.3 Å². The smallest absolute Gasteiger partial charge is 0.337 e. The van der Waals surface area contributed by atoms with Crippen LogP contribution in [0.15, 0.2) is 30.6 Å². The van der Waals surface area contributed by atoms with Gasteiger partial charge >= 0.3 is 5.97 Å². The molecule has 0 aliphatic rings. The summed E-state index contributed by atoms with van der Waals surface area (Å²) in [5.41, 5.74) is 8.79. The number of rotatable bonds is 5. The molecular weight excluding hydrogens is 256 g/mol. The molecule has 1 aromatic heterocycles. The second-order valence-electron chi connectivity index (χ2n) is 4.50. The van der Waals surface area contributed by atoms with Crippen LogP contribution in [-0.2, 0) is 11.3 Å². The number of hydrogen-bond acceptors (Lipinski definition) is 5. The lowest BCUT2D eigenvalue weighted by molar-refractivity contribution is 0.0601. The van der Waals surface area contributed by atoms with Gasteiger partial charge in [-0.3, -0.25) is 4.68 Å². The number of nitrogens with one attached hydrogen (secondary N) is 1. The highest BCUT2D eigenvalue weighted by atomic mass is 16.5. The molecular formula is C14H18N4O2. The fourth-order valence-corrected chi connectivity index (χ4v) is 1.86. The number of carbonyl (C=O) groups excluding carboxylic acids is 1. The summed E-state index contributed by atoms with van der Waals surface area (Å²) in [6, 6.07) is 5.06. The molecule has 2 rings (SSSR count). The number of nitrogen functional groups attached to an aromatic ring is 1. The van der Waals surface area contributed by atoms with Gasteiger partial charge in [-0.05, 0) is 30.7 Å². The molecule has 0 radical (unpaired) electrons. The van der Waals surface area contributed by atoms with E-state index in [1.807, 2.05) is 24.0 Å². The topological polar surface area (TPSA) is 82.2 Å². The largest absolute Gasteiger partial charge is 0.465 e. The molecule has 6 nitrogen and oxygen atoms in total. The van der Waals surface area contributed by atoms with Crippen molar-refractivity contribution in [2.45, 2.75) is 13.5 Å². The molecule has 0 amide bonds. The zero-order valence-corrected chi connectivity index (χ0v) is 11.6. The third-order valence-electron chi connectivity index (χ3n) is 2.89. The number of nitrogens with two attached hydrogens (primary N) is 1. The van der Waals surface area contributed by atoms with Crippen LogP contribution in [0.1, 0.15) is 15.9 Å². The average molecular weight is 274 g/mol. The van der Waals surface area contributed by atoms with Gasteiger partial charge in [-0.2, -0.15) is 5.10 Å². The third kappa shape index (κ3) is 3.28. The molecule has 0 saturated heterocycles. The number of esters is 1. The van der Waals surface area contributed by atoms with Crippen LogP contribution in [0.4, 0.5) is 11.4 Å². The first-order chi connectivity index (χ1) is 9.60. The lowest BCUT2D eigenvalue weighted by Gasteiger charge is -2.10. The van der Waals surface area contributed by atoms with Crippen LogP contribution in [0, 0.1) is 6.92 Å². The Morgan fingerprint density at radius 1 is 1.50 bits per heavy atom. The molecule has 106 valence electrons. The maximum Gasteiger partial charge on any atom is 0.337 e. The Kier molecular flexibility index (Phi) is 4.24. The molecule has 0 bridgehead atoms. The van der Waals surface area contributed by atoms with Gasteiger partial charge in [0.25, 0.3) is 0 Å². The van der Waals surface area contributed by atoms with Gasteiger partial charge in [-0.1, -0.05) is 0 Å². The van der Waals surface area contributed by atoms with Crippen molar-refractivity contribution in [3.63, 3.8) is 0 Å². The number of hydrogen-bond donors (Lipinski definition) is 2. The molecule has 0 aliphatic heterocycles. The molecule has 2 aromatic rings. The van der Waals surface area contributed by atoms with E-state index >= 15 is 0 Å². The number of ether oxygens (including phenoxy) is 1. The van der Waals surface area contributed by atoms with Gasteiger partial charge in [0, 0.05) is 12.7 Å². The summed E-state index contributed by atoms with van der Waals surface area (Å²) in [6.07, 6.45) is 3.80. The van der Waals surface area contributed by atoms with Crippen LogP contribution in [0.2, 0.25) is 0 Å². The summed E-state index contributed by atoms with van der Waals surface area (Å²) in [5.74, 6) is -0.393. The first kappa shape index (κ1) is 13.9. The lowest BCUT2D eigenvalue weighted by Crippen LogP contribution is -2.12. The van der Waals surface area contributed by atoms with Crippen molar-refractivity contribution in [2.75, 3.05) is 24.7 Å². The van der Waals surface area contributed by atoms with E-state index in [1.165, 1.54) is 7.11 Å². The summed E-state index contributed by atoms with van der Waals surface area (Å²) in [4.78, 5) is 11.4. The minimum atomic E-state index is -0.393. The molecule has 0 spiro atoms. The normalized spacial score (nSPS) is 10.3. The number of anilines is 2. The first-order valence-electron chi connectivity index (χ1n) is 6.31. The van der Waals surface area contributed by atoms with Crippen LogP contribution in [0.25, 0.3) is 0 Å². The fraction of sp³-hybridized carbons (Fsp3) is 0.286. The lowest BCUT2D eigenvalue weighted by atomic mass is 10.1. The standard InChI is InChI=1S/C14H18N4O2/c1-10-8-17-18(9-10)6-5-16-13-4-3-11(7-12(13)15)14(19)20-2/h3-4,7-9,16H,5-6,15H2,1-2H3. The van der Waals surface area contributed by atoms with Crippen molar-refractivity contribution in [3.05, 3.63) is 41.7 Å². The maximum absolute atomic E-state index is 11.4. The minimum Gasteiger partial charge on any atom is -0.465 e. The van der Waals surface area contributed by atoms with Crippen LogP contribution in [-0.4, -0.2) is 29.4 Å². The van der Waals surface area contributed by atoms with Gasteiger partial charge in [-0.25, -0.2) is 4.79 Å². The van der Waals surface area contributed by atoms with E-state index < -0.39 is 5.97 Å². The predicted molar refractivity (Wildman–Crippen MR) is 77.6 cm³/mol. The Hall–Kier alpha value is -2.50. The molecule has 0 aliphatic carbocycles. The van der Waals surface area contributed by atoms with Crippen molar-refractivity contribution < 1.29 is 9.53 Å². The molecule has 3 N–H and O–H groups in total. The van der Waals surface area contributed by atoms with Crippen LogP contribution < -0.4 is 11.1 Å². The first-order valence-corrected chi connectivity index (χ1v) is 6.31. The zero-order valence-electron chi connectivity index (χ0n) is 11.6. The van der Waals surface area contributed by atoms with E-state index in [4.69, 9.17) is 5.73 Å². The number of aromatic nitrogens is 2. The molecule has 0 fully saturated rings. The Morgan fingerprint density at radius 2 is 2.30 bits per heavy atom. The van der Waals surface area contributed by atoms with Crippen molar-refractivity contribution in [1.82, 2.24) is 9.78 Å². The van der Waals surface area contributed by atoms with Gasteiger partial charge in [0.1, 0.15) is 0 Å². The monoisotopic (exact) mass is 274 g/mol. The van der Waals surface area contributed by atoms with Gasteiger partial charge in [-0.15, -0.1) is 0 Å². The number of methoxy groups -OCH3 is 1. The van der Waals surface area contributed by atoms with Crippen LogP contribution >= 0.6 is 0 Å². The molecule has 1 aromatic carbocycles. The highest BCUT2D eigenvalue weighted by Gasteiger charge is 2.07. The highest BCUT2D eigenvalue weighted by Crippen LogP contribution is 2.20. The molecule has 0 unspecified atom stereocenters. The van der Waals surface area contributed by atoms with Gasteiger partial charge < -0.3 is 15.8 Å². The second kappa shape index (κ2) is 6.10. The second-order valence-corrected chi connectivity index (χ2v) is 4.50. The highest BCUT2D eigenvalue weighted by molar-refractivity contribution is 5.91. The van der Waals surface area contributed by atoms with Gasteiger partial charge in [0.05, 0.1) is 36.8 Å². The van der Waals surface area contributed by atoms with Gasteiger partial charge in [0.15, 0.2) is 0 Å². The van der Waals surface area contributed by atoms with E-state index in [9.17, 15) is 4.79 Å². The third-order valence-corrected chi connectivity index (χ3v) is 2.89. The molecule has 20 heavy (non-hydrogen) atoms. The minimum absolute atomic E-state index is 0.393. The molecule has 1 heterocycles. The number of aryl methyl sites for hydroxylation is 1. The number of nitrogens with zero attached hydrogens (tertiary/aromatic N) is 2. The summed E-state index contributed by atoms with van der Waals surface area (Å²) < 4.78 is 6.51. The Morgan fingerprint density at radius 3 is 2.90 bits per heavy atom. The summed E-state index contributed by atoms with van der Waals surface area (Å²) >= 11 is 0. The van der Waals surface area contributed by atoms with E-state index in [0.29, 0.717) is 17.8 Å². The SMILES string of the molecule is COC(=O)c1ccc(NCCn2cc(C)cn2)c(N)c1. The number of carbonyl (C=O) groups is 1. The van der Waals surface area contributed by atoms with Gasteiger partial charge in [0.2, 0.25) is 0 Å². The Labute approximate surface area is 117 Å². The predicted octanol–water partition coefficient (Wildman–Crippen LogP) is 1.67. The Bertz CT molecular complexity index is 607. The Balaban J connectivity index is 1.94. The summed E-state index contributed by atoms with van der Waals surface area (Å²) in [7, 11) is 1.34. The molecule has 6 heteroatoms. The van der Waals surface area contributed by atoms with E-state index in [2.05, 4.69) is 15.2 Å². The van der Waals surface area contributed by atoms with E-state index in [1.54, 1.807) is 18.2 Å². The van der Waals surface area contributed by atoms with Crippen molar-refractivity contribution in [1.29, 1.82) is 0 Å². The van der Waals surface area contributed by atoms with Crippen molar-refractivity contribution in [2.24, 2.45) is 0 Å². The van der Waals surface area contributed by atoms with Crippen molar-refractivity contribution in [3.8, 4) is 0 Å². The summed E-state index contributed by atoms with van der Waals surface area (Å²) in [6.45, 7) is 3.44. The van der Waals surface area contributed by atoms with Crippen LogP contribution in [0.3, 0.4) is 0 Å². The molecule has 0 saturated carbocycles. The average Bonchev–Trinajstić information content (AvgIpc) is 2.85. The quantitative estimate of drug-likeness (QED) is 0.640.